The molecule has 0 heterocycles. The summed E-state index contributed by atoms with van der Waals surface area (Å²) in [6.45, 7) is 15.3. The number of hydrogen-bond donors (Lipinski definition) is 2. The maximum Gasteiger partial charge on any atom is 0.0630 e. The molecule has 5 rings (SSSR count). The predicted octanol–water partition coefficient (Wildman–Crippen LogP) is 6.78. The molecule has 0 amide bonds. The van der Waals surface area contributed by atoms with Gasteiger partial charge in [0.25, 0.3) is 0 Å². The third-order valence-corrected chi connectivity index (χ3v) is 13.3. The number of rotatable bonds is 2. The maximum absolute atomic E-state index is 11.8. The quantitative estimate of drug-likeness (QED) is 0.534. The zero-order chi connectivity index (χ0) is 23.2. The van der Waals surface area contributed by atoms with E-state index < -0.39 is 0 Å². The van der Waals surface area contributed by atoms with Gasteiger partial charge in [0.1, 0.15) is 0 Å². The first-order chi connectivity index (χ1) is 14.9. The van der Waals surface area contributed by atoms with E-state index in [1.807, 2.05) is 0 Å². The fourth-order valence-electron chi connectivity index (χ4n) is 10.4. The van der Waals surface area contributed by atoms with Crippen LogP contribution in [0.2, 0.25) is 0 Å². The third kappa shape index (κ3) is 2.50. The van der Waals surface area contributed by atoms with E-state index in [2.05, 4.69) is 71.9 Å². The molecule has 2 nitrogen and oxygen atoms in total. The monoisotopic (exact) mass is 438 g/mol. The normalized spacial score (nSPS) is 55.1. The van der Waals surface area contributed by atoms with Crippen molar-refractivity contribution in [1.29, 1.82) is 0 Å². The van der Waals surface area contributed by atoms with E-state index in [1.54, 1.807) is 0 Å². The van der Waals surface area contributed by atoms with Crippen molar-refractivity contribution in [3.63, 3.8) is 0 Å². The van der Waals surface area contributed by atoms with Crippen LogP contribution in [0, 0.1) is 38.4 Å². The summed E-state index contributed by atoms with van der Waals surface area (Å²) in [6, 6.07) is 10.8. The van der Waals surface area contributed by atoms with Crippen LogP contribution in [0.4, 0.5) is 0 Å². The topological polar surface area (TPSA) is 40.5 Å². The van der Waals surface area contributed by atoms with Crippen LogP contribution in [-0.4, -0.2) is 22.4 Å². The lowest BCUT2D eigenvalue weighted by atomic mass is 9.27. The Bertz CT molecular complexity index is 882. The summed E-state index contributed by atoms with van der Waals surface area (Å²) in [4.78, 5) is 0. The van der Waals surface area contributed by atoms with Crippen molar-refractivity contribution in [2.24, 2.45) is 38.4 Å². The summed E-state index contributed by atoms with van der Waals surface area (Å²) in [7, 11) is 0. The summed E-state index contributed by atoms with van der Waals surface area (Å²) < 4.78 is 0. The molecule has 2 unspecified atom stereocenters. The van der Waals surface area contributed by atoms with E-state index in [1.165, 1.54) is 24.8 Å². The van der Waals surface area contributed by atoms with Gasteiger partial charge in [-0.2, -0.15) is 0 Å². The molecule has 178 valence electrons. The highest BCUT2D eigenvalue weighted by atomic mass is 16.3. The van der Waals surface area contributed by atoms with Gasteiger partial charge in [0, 0.05) is 0 Å². The standard InChI is InChI=1S/C30H46O2/c1-25-14-16-29(5)28(4,27(25,3)13-12-23(31)20-25)17-15-26(2)24(32)22(19-30(26,29)6)18-21-10-8-7-9-11-21/h7-11,22-24,31-32H,12-20H2,1-6H3/t22?,23-,24?,25-,26+,27-,28+,29+,30+/m1/s1. The van der Waals surface area contributed by atoms with Gasteiger partial charge in [-0.1, -0.05) is 71.9 Å². The van der Waals surface area contributed by atoms with Gasteiger partial charge in [0.15, 0.2) is 0 Å². The van der Waals surface area contributed by atoms with E-state index in [0.717, 1.165) is 38.5 Å². The van der Waals surface area contributed by atoms with Crippen LogP contribution >= 0.6 is 0 Å². The van der Waals surface area contributed by atoms with Crippen LogP contribution in [0.15, 0.2) is 30.3 Å². The number of fused-ring (bicyclic) bond motifs is 5. The van der Waals surface area contributed by atoms with Gasteiger partial charge in [-0.15, -0.1) is 0 Å². The molecule has 0 bridgehead atoms. The minimum Gasteiger partial charge on any atom is -0.393 e. The first kappa shape index (κ1) is 22.9. The Morgan fingerprint density at radius 2 is 1.34 bits per heavy atom. The smallest absolute Gasteiger partial charge is 0.0630 e. The SMILES string of the molecule is C[C@]12CC[C@@]3(C)[C@@](C)(CC[C@@]4(C)C(O)C(Cc5ccccc5)C[C@]34C)[C@]1(C)CC[C@@H](O)C2. The molecular weight excluding hydrogens is 392 g/mol. The zero-order valence-electron chi connectivity index (χ0n) is 21.4. The van der Waals surface area contributed by atoms with Crippen LogP contribution in [-0.2, 0) is 6.42 Å². The second-order valence-corrected chi connectivity index (χ2v) is 13.8. The van der Waals surface area contributed by atoms with Crippen LogP contribution in [0.3, 0.4) is 0 Å². The Morgan fingerprint density at radius 3 is 2.03 bits per heavy atom. The minimum absolute atomic E-state index is 0.0288. The average Bonchev–Trinajstić information content (AvgIpc) is 2.95. The molecule has 0 saturated heterocycles. The summed E-state index contributed by atoms with van der Waals surface area (Å²) in [6.07, 6.45) is 9.55. The number of benzene rings is 1. The van der Waals surface area contributed by atoms with Crippen molar-refractivity contribution in [3.05, 3.63) is 35.9 Å². The predicted molar refractivity (Wildman–Crippen MR) is 131 cm³/mol. The molecule has 9 atom stereocenters. The molecule has 0 aliphatic heterocycles. The van der Waals surface area contributed by atoms with Gasteiger partial charge in [-0.3, -0.25) is 0 Å². The molecule has 0 spiro atoms. The lowest BCUT2D eigenvalue weighted by Gasteiger charge is -2.77. The summed E-state index contributed by atoms with van der Waals surface area (Å²) in [5, 5.41) is 22.4. The van der Waals surface area contributed by atoms with Crippen molar-refractivity contribution >= 4 is 0 Å². The fraction of sp³-hybridized carbons (Fsp3) is 0.800. The van der Waals surface area contributed by atoms with Gasteiger partial charge in [0.05, 0.1) is 12.2 Å². The number of aliphatic hydroxyl groups excluding tert-OH is 2. The van der Waals surface area contributed by atoms with Gasteiger partial charge in [-0.25, -0.2) is 0 Å². The van der Waals surface area contributed by atoms with Crippen LogP contribution in [0.25, 0.3) is 0 Å². The largest absolute Gasteiger partial charge is 0.393 e. The van der Waals surface area contributed by atoms with E-state index in [9.17, 15) is 10.2 Å². The fourth-order valence-corrected chi connectivity index (χ4v) is 10.4. The molecule has 1 aromatic rings. The minimum atomic E-state index is -0.233. The Balaban J connectivity index is 1.56. The van der Waals surface area contributed by atoms with Gasteiger partial charge >= 0.3 is 0 Å². The molecule has 2 heteroatoms. The second kappa shape index (κ2) is 6.85. The Hall–Kier alpha value is -0.860. The zero-order valence-corrected chi connectivity index (χ0v) is 21.4. The number of hydrogen-bond acceptors (Lipinski definition) is 2. The van der Waals surface area contributed by atoms with Crippen molar-refractivity contribution in [3.8, 4) is 0 Å². The van der Waals surface area contributed by atoms with Crippen LogP contribution < -0.4 is 0 Å². The Kier molecular flexibility index (Phi) is 4.90. The summed E-state index contributed by atoms with van der Waals surface area (Å²) in [5.74, 6) is 0.334. The van der Waals surface area contributed by atoms with E-state index in [-0.39, 0.29) is 44.7 Å². The molecule has 4 aliphatic carbocycles. The lowest BCUT2D eigenvalue weighted by Crippen LogP contribution is -2.70. The summed E-state index contributed by atoms with van der Waals surface area (Å²) >= 11 is 0. The van der Waals surface area contributed by atoms with Crippen molar-refractivity contribution in [2.75, 3.05) is 0 Å². The average molecular weight is 439 g/mol. The molecule has 1 aromatic carbocycles. The molecule has 4 aliphatic rings. The molecule has 0 aromatic heterocycles. The highest BCUT2D eigenvalue weighted by Gasteiger charge is 2.77. The van der Waals surface area contributed by atoms with Gasteiger partial charge in [-0.05, 0) is 102 Å². The van der Waals surface area contributed by atoms with Crippen molar-refractivity contribution in [2.45, 2.75) is 112 Å². The lowest BCUT2D eigenvalue weighted by molar-refractivity contribution is -0.292. The molecule has 4 fully saturated rings. The first-order valence-corrected chi connectivity index (χ1v) is 13.3. The van der Waals surface area contributed by atoms with Crippen molar-refractivity contribution in [1.82, 2.24) is 0 Å². The molecular formula is C30H46O2. The maximum atomic E-state index is 11.8. The Morgan fingerprint density at radius 1 is 0.719 bits per heavy atom. The molecule has 4 saturated carbocycles. The highest BCUT2D eigenvalue weighted by molar-refractivity contribution is 5.27. The Labute approximate surface area is 196 Å². The van der Waals surface area contributed by atoms with E-state index in [4.69, 9.17) is 0 Å². The number of aliphatic hydroxyl groups is 2. The van der Waals surface area contributed by atoms with Crippen molar-refractivity contribution < 1.29 is 10.2 Å². The first-order valence-electron chi connectivity index (χ1n) is 13.3. The van der Waals surface area contributed by atoms with Gasteiger partial charge < -0.3 is 10.2 Å². The second-order valence-electron chi connectivity index (χ2n) is 13.8. The van der Waals surface area contributed by atoms with E-state index >= 15 is 0 Å². The molecule has 2 N–H and O–H groups in total. The molecule has 0 radical (unpaired) electrons. The molecule has 32 heavy (non-hydrogen) atoms. The summed E-state index contributed by atoms with van der Waals surface area (Å²) in [5.41, 5.74) is 2.31. The van der Waals surface area contributed by atoms with Gasteiger partial charge in [0.2, 0.25) is 0 Å². The third-order valence-electron chi connectivity index (χ3n) is 13.3. The van der Waals surface area contributed by atoms with Crippen LogP contribution in [0.5, 0.6) is 0 Å². The van der Waals surface area contributed by atoms with E-state index in [0.29, 0.717) is 5.92 Å². The highest BCUT2D eigenvalue weighted by Crippen LogP contribution is 2.83. The van der Waals surface area contributed by atoms with Crippen LogP contribution in [0.1, 0.15) is 98.5 Å².